The molecule has 0 radical (unpaired) electrons. The van der Waals surface area contributed by atoms with Gasteiger partial charge in [0.25, 0.3) is 5.91 Å². The van der Waals surface area contributed by atoms with Crippen molar-refractivity contribution in [3.63, 3.8) is 0 Å². The largest absolute Gasteiger partial charge is 0.469 e. The number of carbonyl (C=O) groups is 2. The zero-order valence-electron chi connectivity index (χ0n) is 12.3. The first kappa shape index (κ1) is 15.0. The highest BCUT2D eigenvalue weighted by atomic mass is 32.1. The highest BCUT2D eigenvalue weighted by Crippen LogP contribution is 2.30. The van der Waals surface area contributed by atoms with Gasteiger partial charge in [-0.2, -0.15) is 0 Å². The van der Waals surface area contributed by atoms with E-state index in [1.807, 2.05) is 6.07 Å². The lowest BCUT2D eigenvalue weighted by Gasteiger charge is -2.19. The van der Waals surface area contributed by atoms with E-state index in [9.17, 15) is 9.59 Å². The van der Waals surface area contributed by atoms with Crippen molar-refractivity contribution in [2.24, 2.45) is 5.92 Å². The monoisotopic (exact) mass is 295 g/mol. The van der Waals surface area contributed by atoms with Gasteiger partial charge in [0.2, 0.25) is 0 Å². The first-order chi connectivity index (χ1) is 9.52. The summed E-state index contributed by atoms with van der Waals surface area (Å²) in [6.45, 7) is 2.16. The molecule has 4 nitrogen and oxygen atoms in total. The molecule has 1 atom stereocenters. The molecule has 110 valence electrons. The van der Waals surface area contributed by atoms with E-state index in [-0.39, 0.29) is 17.8 Å². The molecule has 1 aliphatic carbocycles. The Morgan fingerprint density at radius 1 is 1.40 bits per heavy atom. The quantitative estimate of drug-likeness (QED) is 0.802. The highest BCUT2D eigenvalue weighted by molar-refractivity contribution is 7.14. The Morgan fingerprint density at radius 3 is 2.75 bits per heavy atom. The van der Waals surface area contributed by atoms with Crippen LogP contribution in [0.15, 0.2) is 6.07 Å². The van der Waals surface area contributed by atoms with E-state index >= 15 is 0 Å². The van der Waals surface area contributed by atoms with Crippen molar-refractivity contribution in [2.75, 3.05) is 20.7 Å². The lowest BCUT2D eigenvalue weighted by molar-refractivity contribution is -0.145. The minimum atomic E-state index is -0.302. The van der Waals surface area contributed by atoms with Gasteiger partial charge in [-0.25, -0.2) is 0 Å². The van der Waals surface area contributed by atoms with Crippen molar-refractivity contribution >= 4 is 23.2 Å². The predicted molar refractivity (Wildman–Crippen MR) is 79.1 cm³/mol. The predicted octanol–water partition coefficient (Wildman–Crippen LogP) is 2.51. The summed E-state index contributed by atoms with van der Waals surface area (Å²) in [5.74, 6) is -0.584. The van der Waals surface area contributed by atoms with E-state index in [1.165, 1.54) is 30.4 Å². The number of rotatable bonds is 4. The van der Waals surface area contributed by atoms with E-state index < -0.39 is 0 Å². The summed E-state index contributed by atoms with van der Waals surface area (Å²) in [5.41, 5.74) is 1.33. The van der Waals surface area contributed by atoms with Gasteiger partial charge in [-0.1, -0.05) is 6.92 Å². The Hall–Kier alpha value is -1.36. The van der Waals surface area contributed by atoms with Crippen LogP contribution in [0.5, 0.6) is 0 Å². The summed E-state index contributed by atoms with van der Waals surface area (Å²) in [7, 11) is 3.11. The zero-order chi connectivity index (χ0) is 14.7. The van der Waals surface area contributed by atoms with Crippen molar-refractivity contribution in [3.8, 4) is 0 Å². The molecule has 1 unspecified atom stereocenters. The molecule has 1 heterocycles. The van der Waals surface area contributed by atoms with Gasteiger partial charge in [-0.15, -0.1) is 11.3 Å². The van der Waals surface area contributed by atoms with E-state index in [0.717, 1.165) is 17.7 Å². The normalized spacial score (nSPS) is 15.3. The Morgan fingerprint density at radius 2 is 2.10 bits per heavy atom. The fourth-order valence-electron chi connectivity index (χ4n) is 2.55. The van der Waals surface area contributed by atoms with Crippen LogP contribution < -0.4 is 0 Å². The number of ether oxygens (including phenoxy) is 1. The van der Waals surface area contributed by atoms with Crippen molar-refractivity contribution in [2.45, 2.75) is 32.6 Å². The maximum absolute atomic E-state index is 12.4. The minimum Gasteiger partial charge on any atom is -0.469 e. The van der Waals surface area contributed by atoms with Crippen LogP contribution in [0.4, 0.5) is 0 Å². The highest BCUT2D eigenvalue weighted by Gasteiger charge is 2.22. The second kappa shape index (κ2) is 6.39. The van der Waals surface area contributed by atoms with Crippen molar-refractivity contribution in [3.05, 3.63) is 21.4 Å². The van der Waals surface area contributed by atoms with Gasteiger partial charge >= 0.3 is 5.97 Å². The van der Waals surface area contributed by atoms with Crippen LogP contribution in [-0.2, 0) is 22.4 Å². The number of fused-ring (bicyclic) bond motifs is 1. The first-order valence-electron chi connectivity index (χ1n) is 6.97. The van der Waals surface area contributed by atoms with Crippen LogP contribution in [0.25, 0.3) is 0 Å². The van der Waals surface area contributed by atoms with Gasteiger partial charge < -0.3 is 9.64 Å². The third-order valence-corrected chi connectivity index (χ3v) is 4.93. The Kier molecular flexibility index (Phi) is 4.81. The van der Waals surface area contributed by atoms with E-state index in [1.54, 1.807) is 30.2 Å². The molecule has 1 aromatic heterocycles. The molecule has 0 saturated heterocycles. The molecule has 0 aromatic carbocycles. The average Bonchev–Trinajstić information content (AvgIpc) is 2.89. The van der Waals surface area contributed by atoms with Gasteiger partial charge in [0.05, 0.1) is 17.9 Å². The maximum Gasteiger partial charge on any atom is 0.310 e. The van der Waals surface area contributed by atoms with E-state index in [0.29, 0.717) is 6.54 Å². The fourth-order valence-corrected chi connectivity index (χ4v) is 3.80. The van der Waals surface area contributed by atoms with Crippen molar-refractivity contribution in [1.29, 1.82) is 0 Å². The molecule has 1 aliphatic rings. The minimum absolute atomic E-state index is 0.000142. The molecular formula is C15H21NO3S. The molecule has 0 aliphatic heterocycles. The molecule has 0 bridgehead atoms. The molecule has 0 saturated carbocycles. The molecule has 20 heavy (non-hydrogen) atoms. The summed E-state index contributed by atoms with van der Waals surface area (Å²) < 4.78 is 4.69. The summed E-state index contributed by atoms with van der Waals surface area (Å²) in [5, 5.41) is 0. The first-order valence-corrected chi connectivity index (χ1v) is 7.79. The molecule has 5 heteroatoms. The van der Waals surface area contributed by atoms with Gasteiger partial charge in [-0.3, -0.25) is 9.59 Å². The second-order valence-corrected chi connectivity index (χ2v) is 6.51. The van der Waals surface area contributed by atoms with Crippen molar-refractivity contribution < 1.29 is 14.3 Å². The van der Waals surface area contributed by atoms with E-state index in [2.05, 4.69) is 0 Å². The van der Waals surface area contributed by atoms with Crippen LogP contribution in [0.3, 0.4) is 0 Å². The number of carbonyl (C=O) groups excluding carboxylic acids is 2. The molecule has 1 amide bonds. The fraction of sp³-hybridized carbons (Fsp3) is 0.600. The molecule has 0 spiro atoms. The molecular weight excluding hydrogens is 274 g/mol. The summed E-state index contributed by atoms with van der Waals surface area (Å²) >= 11 is 1.61. The summed E-state index contributed by atoms with van der Waals surface area (Å²) in [4.78, 5) is 27.6. The Bertz CT molecular complexity index is 486. The number of esters is 1. The van der Waals surface area contributed by atoms with Crippen LogP contribution in [-0.4, -0.2) is 37.5 Å². The van der Waals surface area contributed by atoms with Crippen LogP contribution in [0.2, 0.25) is 0 Å². The number of hydrogen-bond acceptors (Lipinski definition) is 4. The van der Waals surface area contributed by atoms with Crippen molar-refractivity contribution in [1.82, 2.24) is 4.90 Å². The van der Waals surface area contributed by atoms with E-state index in [4.69, 9.17) is 4.74 Å². The summed E-state index contributed by atoms with van der Waals surface area (Å²) in [6, 6.07) is 2.03. The number of thiophene rings is 1. The standard InChI is InChI=1S/C15H21NO3S/c1-10(15(18)19-3)9-16(2)14(17)13-8-11-6-4-5-7-12(11)20-13/h8,10H,4-7,9H2,1-3H3. The molecule has 1 aromatic rings. The number of nitrogens with zero attached hydrogens (tertiary/aromatic N) is 1. The zero-order valence-corrected chi connectivity index (χ0v) is 13.1. The van der Waals surface area contributed by atoms with Crippen LogP contribution in [0.1, 0.15) is 39.9 Å². The Balaban J connectivity index is 2.03. The van der Waals surface area contributed by atoms with Gasteiger partial charge in [0, 0.05) is 18.5 Å². The molecule has 0 fully saturated rings. The van der Waals surface area contributed by atoms with Gasteiger partial charge in [-0.05, 0) is 37.3 Å². The van der Waals surface area contributed by atoms with Gasteiger partial charge in [0.1, 0.15) is 0 Å². The smallest absolute Gasteiger partial charge is 0.310 e. The topological polar surface area (TPSA) is 46.6 Å². The number of hydrogen-bond donors (Lipinski definition) is 0. The average molecular weight is 295 g/mol. The lowest BCUT2D eigenvalue weighted by atomic mass is 9.99. The number of aryl methyl sites for hydroxylation is 2. The Labute approximate surface area is 123 Å². The van der Waals surface area contributed by atoms with Crippen LogP contribution in [0, 0.1) is 5.92 Å². The third-order valence-electron chi connectivity index (χ3n) is 3.71. The number of methoxy groups -OCH3 is 1. The number of amides is 1. The molecule has 2 rings (SSSR count). The SMILES string of the molecule is COC(=O)C(C)CN(C)C(=O)c1cc2c(s1)CCCC2. The third kappa shape index (κ3) is 3.20. The maximum atomic E-state index is 12.4. The lowest BCUT2D eigenvalue weighted by Crippen LogP contribution is -2.33. The second-order valence-electron chi connectivity index (χ2n) is 5.38. The van der Waals surface area contributed by atoms with Gasteiger partial charge in [0.15, 0.2) is 0 Å². The molecule has 0 N–H and O–H groups in total. The van der Waals surface area contributed by atoms with Crippen LogP contribution >= 0.6 is 11.3 Å². The summed E-state index contributed by atoms with van der Waals surface area (Å²) in [6.07, 6.45) is 4.61.